The van der Waals surface area contributed by atoms with E-state index < -0.39 is 77.7 Å². The fourth-order valence-electron chi connectivity index (χ4n) is 6.58. The molecule has 0 spiro atoms. The lowest BCUT2D eigenvalue weighted by Crippen LogP contribution is -2.61. The summed E-state index contributed by atoms with van der Waals surface area (Å²) in [6.45, 7) is 9.12. The van der Waals surface area contributed by atoms with Gasteiger partial charge in [-0.1, -0.05) is 91.0 Å². The molecule has 0 saturated heterocycles. The number of aliphatic hydroxyl groups is 1. The molecule has 0 bridgehead atoms. The molecular formula is C41H63N5O9. The van der Waals surface area contributed by atoms with Gasteiger partial charge < -0.3 is 46.2 Å². The van der Waals surface area contributed by atoms with Crippen LogP contribution in [-0.2, 0) is 36.8 Å². The Morgan fingerprint density at radius 2 is 1.22 bits per heavy atom. The molecule has 55 heavy (non-hydrogen) atoms. The third kappa shape index (κ3) is 14.2. The van der Waals surface area contributed by atoms with Gasteiger partial charge in [0.25, 0.3) is 5.91 Å². The van der Waals surface area contributed by atoms with Crippen LogP contribution in [0.4, 0.5) is 0 Å². The summed E-state index contributed by atoms with van der Waals surface area (Å²) in [6.07, 6.45) is 4.13. The van der Waals surface area contributed by atoms with Crippen molar-refractivity contribution in [1.29, 1.82) is 0 Å². The zero-order valence-electron chi connectivity index (χ0n) is 33.6. The van der Waals surface area contributed by atoms with Gasteiger partial charge >= 0.3 is 5.97 Å². The van der Waals surface area contributed by atoms with Crippen LogP contribution in [0.5, 0.6) is 11.5 Å². The van der Waals surface area contributed by atoms with Crippen molar-refractivity contribution >= 4 is 29.6 Å². The van der Waals surface area contributed by atoms with Gasteiger partial charge in [-0.2, -0.15) is 0 Å². The highest BCUT2D eigenvalue weighted by Crippen LogP contribution is 2.21. The van der Waals surface area contributed by atoms with Gasteiger partial charge in [-0.3, -0.25) is 19.2 Å². The molecule has 0 radical (unpaired) electrons. The molecule has 0 fully saturated rings. The number of carboxylic acid groups (broad SMARTS) is 1. The molecule has 4 amide bonds. The summed E-state index contributed by atoms with van der Waals surface area (Å²) >= 11 is 0. The molecule has 3 unspecified atom stereocenters. The summed E-state index contributed by atoms with van der Waals surface area (Å²) in [5, 5.41) is 48.8. The molecule has 306 valence electrons. The van der Waals surface area contributed by atoms with Crippen molar-refractivity contribution in [3.05, 3.63) is 59.7 Å². The van der Waals surface area contributed by atoms with Crippen LogP contribution in [0, 0.1) is 11.8 Å². The Kier molecular flexibility index (Phi) is 19.1. The van der Waals surface area contributed by atoms with E-state index in [-0.39, 0.29) is 24.3 Å². The number of benzene rings is 2. The van der Waals surface area contributed by atoms with Crippen LogP contribution >= 0.6 is 0 Å². The van der Waals surface area contributed by atoms with Crippen molar-refractivity contribution in [3.8, 4) is 11.5 Å². The normalized spacial score (nSPS) is 14.7. The van der Waals surface area contributed by atoms with Crippen molar-refractivity contribution in [2.75, 3.05) is 21.1 Å². The SMILES string of the molecule is CCCCCCCC(NC)C(O)C(=O)N[C@H](C(=O)N(C)[C@H](C(=O)N(C)[C@@H](Cc1ccc(O)cc1)C(=O)NC(Cc1ccc(O)cc1)C(=O)O)C(C)C)C(C)C. The highest BCUT2D eigenvalue weighted by atomic mass is 16.4. The van der Waals surface area contributed by atoms with E-state index in [0.29, 0.717) is 17.5 Å². The van der Waals surface area contributed by atoms with Gasteiger partial charge in [0.1, 0.15) is 41.8 Å². The number of aliphatic hydroxyl groups excluding tert-OH is 1. The highest BCUT2D eigenvalue weighted by Gasteiger charge is 2.40. The Morgan fingerprint density at radius 3 is 1.69 bits per heavy atom. The number of likely N-dealkylation sites (N-methyl/N-ethyl adjacent to an activating group) is 3. The van der Waals surface area contributed by atoms with E-state index in [0.717, 1.165) is 32.1 Å². The fraction of sp³-hybridized carbons (Fsp3) is 0.585. The summed E-state index contributed by atoms with van der Waals surface area (Å²) in [5.74, 6) is -4.79. The number of hydrogen-bond donors (Lipinski definition) is 7. The second kappa shape index (κ2) is 22.6. The monoisotopic (exact) mass is 769 g/mol. The number of unbranched alkanes of at least 4 members (excludes halogenated alkanes) is 4. The predicted octanol–water partition coefficient (Wildman–Crippen LogP) is 3.21. The van der Waals surface area contributed by atoms with Crippen LogP contribution in [0.15, 0.2) is 48.5 Å². The first-order chi connectivity index (χ1) is 25.9. The number of rotatable bonds is 23. The molecule has 2 rings (SSSR count). The van der Waals surface area contributed by atoms with Crippen LogP contribution in [-0.4, -0.2) is 117 Å². The number of phenolic OH excluding ortho intramolecular Hbond substituents is 2. The molecule has 0 heterocycles. The maximum absolute atomic E-state index is 14.4. The predicted molar refractivity (Wildman–Crippen MR) is 210 cm³/mol. The molecule has 6 atom stereocenters. The van der Waals surface area contributed by atoms with Crippen LogP contribution in [0.3, 0.4) is 0 Å². The summed E-state index contributed by atoms with van der Waals surface area (Å²) in [7, 11) is 4.54. The number of nitrogens with zero attached hydrogens (tertiary/aromatic N) is 2. The molecule has 14 nitrogen and oxygen atoms in total. The topological polar surface area (TPSA) is 209 Å². The summed E-state index contributed by atoms with van der Waals surface area (Å²) in [4.78, 5) is 70.6. The Morgan fingerprint density at radius 1 is 0.691 bits per heavy atom. The number of carbonyl (C=O) groups excluding carboxylic acids is 4. The van der Waals surface area contributed by atoms with E-state index in [2.05, 4.69) is 22.9 Å². The van der Waals surface area contributed by atoms with Crippen LogP contribution in [0.25, 0.3) is 0 Å². The standard InChI is InChI=1S/C41H63N5O9/c1-9-10-11-12-13-14-31(42-6)36(49)38(51)44-34(25(2)3)39(52)46(8)35(26(4)5)40(53)45(7)33(24-28-17-21-30(48)22-18-28)37(50)43-32(41(54)55)23-27-15-19-29(47)20-16-27/h15-22,25-26,31-36,42,47-49H,9-14,23-24H2,1-8H3,(H,43,50)(H,44,51)(H,54,55)/t31?,32?,33-,34-,35-,36?/m0/s1. The number of phenols is 2. The zero-order valence-corrected chi connectivity index (χ0v) is 33.6. The van der Waals surface area contributed by atoms with E-state index in [1.165, 1.54) is 48.2 Å². The molecule has 0 saturated carbocycles. The average Bonchev–Trinajstić information content (AvgIpc) is 3.14. The van der Waals surface area contributed by atoms with E-state index in [1.54, 1.807) is 59.0 Å². The summed E-state index contributed by atoms with van der Waals surface area (Å²) in [5.41, 5.74) is 1.13. The first-order valence-corrected chi connectivity index (χ1v) is 19.2. The maximum Gasteiger partial charge on any atom is 0.326 e. The first-order valence-electron chi connectivity index (χ1n) is 19.2. The minimum atomic E-state index is -1.41. The molecule has 0 aliphatic rings. The van der Waals surface area contributed by atoms with Crippen molar-refractivity contribution in [2.45, 2.75) is 122 Å². The van der Waals surface area contributed by atoms with Gasteiger partial charge in [-0.25, -0.2) is 4.79 Å². The van der Waals surface area contributed by atoms with Gasteiger partial charge in [0, 0.05) is 33.0 Å². The minimum absolute atomic E-state index is 0.00235. The van der Waals surface area contributed by atoms with Gasteiger partial charge in [0.15, 0.2) is 0 Å². The third-order valence-corrected chi connectivity index (χ3v) is 9.99. The van der Waals surface area contributed by atoms with Gasteiger partial charge in [-0.05, 0) is 60.7 Å². The fourth-order valence-corrected chi connectivity index (χ4v) is 6.58. The van der Waals surface area contributed by atoms with Crippen LogP contribution < -0.4 is 16.0 Å². The van der Waals surface area contributed by atoms with E-state index >= 15 is 0 Å². The second-order valence-electron chi connectivity index (χ2n) is 15.0. The molecule has 0 aliphatic carbocycles. The second-order valence-corrected chi connectivity index (χ2v) is 15.0. The van der Waals surface area contributed by atoms with Gasteiger partial charge in [0.05, 0.1) is 0 Å². The lowest BCUT2D eigenvalue weighted by atomic mass is 9.95. The Hall–Kier alpha value is -4.69. The lowest BCUT2D eigenvalue weighted by molar-refractivity contribution is -0.151. The Balaban J connectivity index is 2.35. The van der Waals surface area contributed by atoms with E-state index in [9.17, 15) is 44.4 Å². The lowest BCUT2D eigenvalue weighted by Gasteiger charge is -2.38. The van der Waals surface area contributed by atoms with Crippen molar-refractivity contribution in [3.63, 3.8) is 0 Å². The van der Waals surface area contributed by atoms with Crippen molar-refractivity contribution < 1.29 is 44.4 Å². The number of nitrogens with one attached hydrogen (secondary N) is 3. The van der Waals surface area contributed by atoms with Crippen LogP contribution in [0.2, 0.25) is 0 Å². The number of amides is 4. The number of carboxylic acids is 1. The molecule has 0 aliphatic heterocycles. The van der Waals surface area contributed by atoms with Crippen molar-refractivity contribution in [2.24, 2.45) is 11.8 Å². The van der Waals surface area contributed by atoms with Gasteiger partial charge in [-0.15, -0.1) is 0 Å². The largest absolute Gasteiger partial charge is 0.508 e. The highest BCUT2D eigenvalue weighted by molar-refractivity contribution is 5.95. The quantitative estimate of drug-likeness (QED) is 0.0822. The molecular weight excluding hydrogens is 706 g/mol. The van der Waals surface area contributed by atoms with Crippen molar-refractivity contribution in [1.82, 2.24) is 25.8 Å². The number of carbonyl (C=O) groups is 5. The van der Waals surface area contributed by atoms with Gasteiger partial charge in [0.2, 0.25) is 17.7 Å². The average molecular weight is 770 g/mol. The molecule has 0 aromatic heterocycles. The Bertz CT molecular complexity index is 1530. The smallest absolute Gasteiger partial charge is 0.326 e. The number of aliphatic carboxylic acids is 1. The van der Waals surface area contributed by atoms with E-state index in [1.807, 2.05) is 0 Å². The zero-order chi connectivity index (χ0) is 41.4. The maximum atomic E-state index is 14.4. The number of hydrogen-bond acceptors (Lipinski definition) is 9. The Labute approximate surface area is 325 Å². The number of aromatic hydroxyl groups is 2. The van der Waals surface area contributed by atoms with Crippen LogP contribution in [0.1, 0.15) is 84.3 Å². The third-order valence-electron chi connectivity index (χ3n) is 9.99. The minimum Gasteiger partial charge on any atom is -0.508 e. The molecule has 14 heteroatoms. The van der Waals surface area contributed by atoms with E-state index in [4.69, 9.17) is 0 Å². The molecule has 2 aromatic rings. The summed E-state index contributed by atoms with van der Waals surface area (Å²) in [6, 6.07) is 6.65. The first kappa shape index (κ1) is 46.5. The molecule has 2 aromatic carbocycles. The summed E-state index contributed by atoms with van der Waals surface area (Å²) < 4.78 is 0. The molecule has 7 N–H and O–H groups in total.